The maximum Gasteiger partial charge on any atom is 0.417 e. The molecule has 0 unspecified atom stereocenters. The van der Waals surface area contributed by atoms with Gasteiger partial charge in [-0.3, -0.25) is 9.59 Å². The molecule has 0 saturated heterocycles. The Hall–Kier alpha value is -4.74. The van der Waals surface area contributed by atoms with Crippen molar-refractivity contribution >= 4 is 23.2 Å². The van der Waals surface area contributed by atoms with E-state index in [9.17, 15) is 44.7 Å². The fraction of sp³-hybridized carbons (Fsp3) is 0.0714. The molecule has 0 aliphatic carbocycles. The largest absolute Gasteiger partial charge is 0.417 e. The molecule has 4 aromatic carbocycles. The minimum atomic E-state index is -5.12. The lowest BCUT2D eigenvalue weighted by Crippen LogP contribution is -2.16. The van der Waals surface area contributed by atoms with Gasteiger partial charge in [0.05, 0.1) is 11.1 Å². The second-order valence-corrected chi connectivity index (χ2v) is 8.44. The van der Waals surface area contributed by atoms with E-state index >= 15 is 0 Å². The first-order chi connectivity index (χ1) is 18.7. The highest BCUT2D eigenvalue weighted by Gasteiger charge is 2.39. The Labute approximate surface area is 221 Å². The molecule has 0 atom stereocenters. The van der Waals surface area contributed by atoms with Gasteiger partial charge in [-0.05, 0) is 83.9 Å². The monoisotopic (exact) mass is 564 g/mol. The number of amides is 2. The lowest BCUT2D eigenvalue weighted by molar-refractivity contribution is -0.139. The van der Waals surface area contributed by atoms with Crippen LogP contribution in [0.3, 0.4) is 0 Å². The normalized spacial score (nSPS) is 11.7. The lowest BCUT2D eigenvalue weighted by Gasteiger charge is -2.20. The molecule has 0 bridgehead atoms. The van der Waals surface area contributed by atoms with Crippen molar-refractivity contribution in [3.8, 4) is 11.1 Å². The third-order valence-electron chi connectivity index (χ3n) is 5.67. The van der Waals surface area contributed by atoms with E-state index in [4.69, 9.17) is 0 Å². The van der Waals surface area contributed by atoms with Crippen molar-refractivity contribution in [1.29, 1.82) is 0 Å². The number of carbonyl (C=O) groups is 2. The van der Waals surface area contributed by atoms with Gasteiger partial charge in [-0.1, -0.05) is 12.1 Å². The average molecular weight is 564 g/mol. The summed E-state index contributed by atoms with van der Waals surface area (Å²) in [5, 5.41) is 4.42. The molecule has 40 heavy (non-hydrogen) atoms. The van der Waals surface area contributed by atoms with Crippen molar-refractivity contribution in [2.45, 2.75) is 12.4 Å². The van der Waals surface area contributed by atoms with Gasteiger partial charge >= 0.3 is 12.4 Å². The summed E-state index contributed by atoms with van der Waals surface area (Å²) < 4.78 is 110. The van der Waals surface area contributed by atoms with Gasteiger partial charge in [0, 0.05) is 22.5 Å². The zero-order valence-corrected chi connectivity index (χ0v) is 19.9. The van der Waals surface area contributed by atoms with Crippen LogP contribution in [0.2, 0.25) is 0 Å². The first-order valence-corrected chi connectivity index (χ1v) is 11.3. The average Bonchev–Trinajstić information content (AvgIpc) is 2.88. The number of nitrogens with one attached hydrogen (secondary N) is 2. The van der Waals surface area contributed by atoms with Crippen LogP contribution >= 0.6 is 0 Å². The summed E-state index contributed by atoms with van der Waals surface area (Å²) in [5.41, 5.74) is -5.40. The van der Waals surface area contributed by atoms with Crippen LogP contribution in [0.5, 0.6) is 0 Å². The Morgan fingerprint density at radius 1 is 0.500 bits per heavy atom. The van der Waals surface area contributed by atoms with Crippen molar-refractivity contribution in [3.05, 3.63) is 119 Å². The van der Waals surface area contributed by atoms with Crippen LogP contribution in [0.25, 0.3) is 11.1 Å². The standard InChI is InChI=1S/C28H16F8N2O2/c29-17-5-1-15(2-6-17)25(39)37-19-9-11-21(23(13-19)27(31,32)33)22-12-10-20(14-24(22)28(34,35)36)38-26(40)16-3-7-18(30)8-4-16/h1-14H,(H,37,39)(H,38,40). The van der Waals surface area contributed by atoms with Crippen LogP contribution in [0.1, 0.15) is 31.8 Å². The third kappa shape index (κ3) is 6.45. The zero-order valence-electron chi connectivity index (χ0n) is 19.9. The number of rotatable bonds is 5. The maximum absolute atomic E-state index is 14.0. The quantitative estimate of drug-likeness (QED) is 0.240. The zero-order chi connectivity index (χ0) is 29.2. The smallest absolute Gasteiger partial charge is 0.322 e. The van der Waals surface area contributed by atoms with Crippen LogP contribution in [0, 0.1) is 11.6 Å². The summed E-state index contributed by atoms with van der Waals surface area (Å²) >= 11 is 0. The van der Waals surface area contributed by atoms with E-state index in [0.29, 0.717) is 12.1 Å². The Balaban J connectivity index is 1.71. The second-order valence-electron chi connectivity index (χ2n) is 8.44. The van der Waals surface area contributed by atoms with E-state index in [0.717, 1.165) is 72.8 Å². The van der Waals surface area contributed by atoms with Crippen molar-refractivity contribution in [3.63, 3.8) is 0 Å². The highest BCUT2D eigenvalue weighted by atomic mass is 19.4. The van der Waals surface area contributed by atoms with Crippen LogP contribution in [-0.2, 0) is 12.4 Å². The van der Waals surface area contributed by atoms with Crippen LogP contribution < -0.4 is 10.6 Å². The van der Waals surface area contributed by atoms with E-state index in [1.165, 1.54) is 0 Å². The van der Waals surface area contributed by atoms with Gasteiger partial charge < -0.3 is 10.6 Å². The highest BCUT2D eigenvalue weighted by Crippen LogP contribution is 2.44. The van der Waals surface area contributed by atoms with E-state index in [-0.39, 0.29) is 22.5 Å². The molecule has 0 heterocycles. The minimum Gasteiger partial charge on any atom is -0.322 e. The fourth-order valence-electron chi connectivity index (χ4n) is 3.79. The topological polar surface area (TPSA) is 58.2 Å². The Morgan fingerprint density at radius 3 is 1.12 bits per heavy atom. The minimum absolute atomic E-state index is 0.0586. The molecule has 0 fully saturated rings. The first kappa shape index (κ1) is 28.3. The number of hydrogen-bond donors (Lipinski definition) is 2. The number of carbonyl (C=O) groups excluding carboxylic acids is 2. The summed E-state index contributed by atoms with van der Waals surface area (Å²) in [6, 6.07) is 12.9. The summed E-state index contributed by atoms with van der Waals surface area (Å²) in [5.74, 6) is -3.00. The number of hydrogen-bond acceptors (Lipinski definition) is 2. The fourth-order valence-corrected chi connectivity index (χ4v) is 3.79. The lowest BCUT2D eigenvalue weighted by atomic mass is 9.93. The molecule has 0 aliphatic heterocycles. The van der Waals surface area contributed by atoms with Gasteiger partial charge in [-0.15, -0.1) is 0 Å². The Bertz CT molecular complexity index is 1440. The van der Waals surface area contributed by atoms with Gasteiger partial charge in [-0.25, -0.2) is 8.78 Å². The molecular formula is C28H16F8N2O2. The van der Waals surface area contributed by atoms with Crippen molar-refractivity contribution in [2.75, 3.05) is 10.6 Å². The van der Waals surface area contributed by atoms with Gasteiger partial charge in [0.1, 0.15) is 11.6 Å². The molecule has 206 valence electrons. The molecule has 0 aliphatic rings. The summed E-state index contributed by atoms with van der Waals surface area (Å²) in [4.78, 5) is 24.7. The van der Waals surface area contributed by atoms with E-state index in [2.05, 4.69) is 10.6 Å². The molecule has 2 N–H and O–H groups in total. The summed E-state index contributed by atoms with van der Waals surface area (Å²) in [6.07, 6.45) is -10.2. The Morgan fingerprint density at radius 2 is 0.825 bits per heavy atom. The third-order valence-corrected chi connectivity index (χ3v) is 5.67. The van der Waals surface area contributed by atoms with Gasteiger partial charge in [-0.2, -0.15) is 26.3 Å². The molecule has 0 aromatic heterocycles. The predicted molar refractivity (Wildman–Crippen MR) is 131 cm³/mol. The van der Waals surface area contributed by atoms with E-state index < -0.39 is 58.1 Å². The van der Waals surface area contributed by atoms with Crippen LogP contribution in [0.15, 0.2) is 84.9 Å². The number of benzene rings is 4. The molecule has 4 nitrogen and oxygen atoms in total. The van der Waals surface area contributed by atoms with Crippen molar-refractivity contribution < 1.29 is 44.7 Å². The highest BCUT2D eigenvalue weighted by molar-refractivity contribution is 6.05. The molecule has 2 amide bonds. The second kappa shape index (κ2) is 10.8. The number of anilines is 2. The van der Waals surface area contributed by atoms with Gasteiger partial charge in [0.2, 0.25) is 0 Å². The number of alkyl halides is 6. The van der Waals surface area contributed by atoms with Crippen LogP contribution in [0.4, 0.5) is 46.5 Å². The molecular weight excluding hydrogens is 548 g/mol. The van der Waals surface area contributed by atoms with Crippen LogP contribution in [-0.4, -0.2) is 11.8 Å². The molecule has 0 spiro atoms. The van der Waals surface area contributed by atoms with Gasteiger partial charge in [0.25, 0.3) is 11.8 Å². The molecule has 4 aromatic rings. The van der Waals surface area contributed by atoms with Gasteiger partial charge in [0.15, 0.2) is 0 Å². The Kier molecular flexibility index (Phi) is 7.63. The number of halogens is 8. The SMILES string of the molecule is O=C(Nc1ccc(-c2ccc(NC(=O)c3ccc(F)cc3)cc2C(F)(F)F)c(C(F)(F)F)c1)c1ccc(F)cc1. The summed E-state index contributed by atoms with van der Waals surface area (Å²) in [7, 11) is 0. The first-order valence-electron chi connectivity index (χ1n) is 11.3. The van der Waals surface area contributed by atoms with E-state index in [1.54, 1.807) is 0 Å². The summed E-state index contributed by atoms with van der Waals surface area (Å²) in [6.45, 7) is 0. The van der Waals surface area contributed by atoms with Crippen molar-refractivity contribution in [1.82, 2.24) is 0 Å². The van der Waals surface area contributed by atoms with E-state index in [1.807, 2.05) is 0 Å². The molecule has 4 rings (SSSR count). The molecule has 12 heteroatoms. The maximum atomic E-state index is 14.0. The van der Waals surface area contributed by atoms with Crippen molar-refractivity contribution in [2.24, 2.45) is 0 Å². The predicted octanol–water partition coefficient (Wildman–Crippen LogP) is 8.17. The molecule has 0 saturated carbocycles. The molecule has 0 radical (unpaired) electrons.